The first-order chi connectivity index (χ1) is 11.6. The van der Waals surface area contributed by atoms with Gasteiger partial charge in [0.15, 0.2) is 5.78 Å². The van der Waals surface area contributed by atoms with Gasteiger partial charge in [-0.2, -0.15) is 0 Å². The van der Waals surface area contributed by atoms with E-state index >= 15 is 0 Å². The van der Waals surface area contributed by atoms with E-state index in [0.29, 0.717) is 17.6 Å². The van der Waals surface area contributed by atoms with E-state index < -0.39 is 21.3 Å². The Morgan fingerprint density at radius 3 is 2.24 bits per heavy atom. The first-order valence-electron chi connectivity index (χ1n) is 7.77. The third-order valence-electron chi connectivity index (χ3n) is 4.41. The van der Waals surface area contributed by atoms with Crippen molar-refractivity contribution in [2.75, 3.05) is 0 Å². The zero-order valence-corrected chi connectivity index (χ0v) is 14.7. The van der Waals surface area contributed by atoms with E-state index in [1.54, 1.807) is 24.3 Å². The highest BCUT2D eigenvalue weighted by atomic mass is 32.2. The van der Waals surface area contributed by atoms with Crippen molar-refractivity contribution in [2.45, 2.75) is 25.2 Å². The molecule has 1 aliphatic carbocycles. The van der Waals surface area contributed by atoms with Gasteiger partial charge in [0.2, 0.25) is 10.0 Å². The molecule has 0 heterocycles. The summed E-state index contributed by atoms with van der Waals surface area (Å²) in [5.74, 6) is -0.463. The van der Waals surface area contributed by atoms with Crippen LogP contribution in [-0.4, -0.2) is 14.2 Å². The van der Waals surface area contributed by atoms with E-state index in [9.17, 15) is 17.6 Å². The number of benzene rings is 2. The number of carbonyl (C=O) groups excluding carboxylic acids is 1. The molecule has 0 atom stereocenters. The van der Waals surface area contributed by atoms with Crippen LogP contribution in [0.25, 0.3) is 11.1 Å². The van der Waals surface area contributed by atoms with E-state index in [2.05, 4.69) is 0 Å². The number of allylic oxidation sites excluding steroid dienone is 2. The number of ketones is 1. The van der Waals surface area contributed by atoms with Gasteiger partial charge in [0.05, 0.1) is 4.90 Å². The highest BCUT2D eigenvalue weighted by Gasteiger charge is 2.40. The lowest BCUT2D eigenvalue weighted by Gasteiger charge is -2.15. The molecule has 1 aliphatic rings. The molecule has 4 nitrogen and oxygen atoms in total. The number of hydrogen-bond donors (Lipinski definition) is 1. The fourth-order valence-electron chi connectivity index (χ4n) is 3.13. The van der Waals surface area contributed by atoms with Crippen LogP contribution in [0.15, 0.2) is 53.4 Å². The van der Waals surface area contributed by atoms with Crippen molar-refractivity contribution in [1.29, 1.82) is 0 Å². The van der Waals surface area contributed by atoms with Crippen LogP contribution in [0.4, 0.5) is 4.39 Å². The van der Waals surface area contributed by atoms with Crippen LogP contribution < -0.4 is 5.14 Å². The predicted molar refractivity (Wildman–Crippen MR) is 94.4 cm³/mol. The fraction of sp³-hybridized carbons (Fsp3) is 0.211. The van der Waals surface area contributed by atoms with Crippen LogP contribution in [0.1, 0.15) is 31.4 Å². The molecular formula is C19H18FNO3S. The van der Waals surface area contributed by atoms with Gasteiger partial charge in [0.25, 0.3) is 0 Å². The van der Waals surface area contributed by atoms with Crippen LogP contribution in [0, 0.1) is 11.2 Å². The largest absolute Gasteiger partial charge is 0.294 e. The molecule has 0 saturated carbocycles. The summed E-state index contributed by atoms with van der Waals surface area (Å²) in [7, 11) is -3.78. The normalized spacial score (nSPS) is 17.2. The highest BCUT2D eigenvalue weighted by Crippen LogP contribution is 2.47. The first kappa shape index (κ1) is 17.5. The number of sulfonamides is 1. The van der Waals surface area contributed by atoms with Gasteiger partial charge < -0.3 is 0 Å². The number of hydrogen-bond acceptors (Lipinski definition) is 3. The number of Topliss-reactive ketones (excluding diaryl/α,β-unsaturated/α-hetero) is 1. The quantitative estimate of drug-likeness (QED) is 0.912. The lowest BCUT2D eigenvalue weighted by molar-refractivity contribution is -0.120. The topological polar surface area (TPSA) is 77.2 Å². The van der Waals surface area contributed by atoms with E-state index in [1.165, 1.54) is 24.3 Å². The summed E-state index contributed by atoms with van der Waals surface area (Å²) < 4.78 is 36.5. The van der Waals surface area contributed by atoms with E-state index in [1.807, 2.05) is 13.8 Å². The summed E-state index contributed by atoms with van der Waals surface area (Å²) in [6, 6.07) is 12.0. The van der Waals surface area contributed by atoms with Crippen molar-refractivity contribution in [3.63, 3.8) is 0 Å². The number of rotatable bonds is 3. The molecule has 0 radical (unpaired) electrons. The third-order valence-corrected chi connectivity index (χ3v) is 5.34. The molecule has 0 saturated heterocycles. The average molecular weight is 359 g/mol. The minimum Gasteiger partial charge on any atom is -0.294 e. The molecule has 2 aromatic rings. The number of primary sulfonamides is 1. The maximum atomic E-state index is 13.6. The summed E-state index contributed by atoms with van der Waals surface area (Å²) in [5.41, 5.74) is 1.91. The van der Waals surface area contributed by atoms with Crippen LogP contribution >= 0.6 is 0 Å². The van der Waals surface area contributed by atoms with Crippen molar-refractivity contribution in [3.05, 3.63) is 65.5 Å². The number of carbonyl (C=O) groups is 1. The van der Waals surface area contributed by atoms with Gasteiger partial charge in [0.1, 0.15) is 5.82 Å². The molecule has 0 unspecified atom stereocenters. The Bertz CT molecular complexity index is 990. The van der Waals surface area contributed by atoms with Gasteiger partial charge in [-0.1, -0.05) is 38.1 Å². The number of nitrogens with two attached hydrogens (primary N) is 1. The Labute approximate surface area is 146 Å². The third kappa shape index (κ3) is 3.27. The van der Waals surface area contributed by atoms with Crippen LogP contribution in [-0.2, 0) is 14.8 Å². The second-order valence-corrected chi connectivity index (χ2v) is 8.38. The van der Waals surface area contributed by atoms with Crippen molar-refractivity contribution < 1.29 is 17.6 Å². The molecule has 0 fully saturated rings. The molecule has 0 spiro atoms. The molecule has 6 heteroatoms. The molecular weight excluding hydrogens is 341 g/mol. The maximum absolute atomic E-state index is 13.6. The van der Waals surface area contributed by atoms with Crippen LogP contribution in [0.2, 0.25) is 0 Å². The molecule has 0 amide bonds. The summed E-state index contributed by atoms with van der Waals surface area (Å²) in [6.07, 6.45) is 0.492. The second-order valence-electron chi connectivity index (χ2n) is 6.82. The van der Waals surface area contributed by atoms with E-state index in [-0.39, 0.29) is 10.7 Å². The molecule has 2 N–H and O–H groups in total. The Morgan fingerprint density at radius 2 is 1.68 bits per heavy atom. The Morgan fingerprint density at radius 1 is 1.04 bits per heavy atom. The number of halogens is 1. The van der Waals surface area contributed by atoms with Gasteiger partial charge in [-0.05, 0) is 47.4 Å². The maximum Gasteiger partial charge on any atom is 0.238 e. The lowest BCUT2D eigenvalue weighted by atomic mass is 9.86. The molecule has 3 rings (SSSR count). The van der Waals surface area contributed by atoms with Gasteiger partial charge in [-0.15, -0.1) is 0 Å². The zero-order chi connectivity index (χ0) is 18.4. The Kier molecular flexibility index (Phi) is 4.13. The summed E-state index contributed by atoms with van der Waals surface area (Å²) in [6.45, 7) is 3.70. The van der Waals surface area contributed by atoms with Crippen LogP contribution in [0.3, 0.4) is 0 Å². The summed E-state index contributed by atoms with van der Waals surface area (Å²) in [5, 5.41) is 5.12. The highest BCUT2D eigenvalue weighted by molar-refractivity contribution is 7.89. The zero-order valence-electron chi connectivity index (χ0n) is 13.9. The smallest absolute Gasteiger partial charge is 0.238 e. The van der Waals surface area contributed by atoms with Crippen LogP contribution in [0.5, 0.6) is 0 Å². The lowest BCUT2D eigenvalue weighted by Crippen LogP contribution is -2.19. The Hall–Kier alpha value is -2.31. The van der Waals surface area contributed by atoms with Crippen molar-refractivity contribution >= 4 is 27.0 Å². The summed E-state index contributed by atoms with van der Waals surface area (Å²) >= 11 is 0. The molecule has 2 aromatic carbocycles. The fourth-order valence-corrected chi connectivity index (χ4v) is 3.64. The summed E-state index contributed by atoms with van der Waals surface area (Å²) in [4.78, 5) is 12.9. The first-order valence-corrected chi connectivity index (χ1v) is 9.31. The monoisotopic (exact) mass is 359 g/mol. The molecule has 0 bridgehead atoms. The second kappa shape index (κ2) is 5.89. The predicted octanol–water partition coefficient (Wildman–Crippen LogP) is 3.38. The van der Waals surface area contributed by atoms with Gasteiger partial charge in [-0.3, -0.25) is 4.79 Å². The van der Waals surface area contributed by atoms with E-state index in [0.717, 1.165) is 11.1 Å². The molecule has 0 aliphatic heterocycles. The van der Waals surface area contributed by atoms with Crippen molar-refractivity contribution in [1.82, 2.24) is 0 Å². The standard InChI is InChI=1S/C19H18FNO3S/c1-19(2)11-16(12-6-8-15(9-7-12)25(21,23)24)17(18(19)22)13-4-3-5-14(20)10-13/h3-10H,11H2,1-2H3,(H2,21,23,24). The van der Waals surface area contributed by atoms with Crippen molar-refractivity contribution in [2.24, 2.45) is 10.6 Å². The SMILES string of the molecule is CC1(C)CC(c2ccc(S(N)(=O)=O)cc2)=C(c2cccc(F)c2)C1=O. The minimum absolute atomic E-state index is 0.00717. The van der Waals surface area contributed by atoms with Gasteiger partial charge in [-0.25, -0.2) is 17.9 Å². The van der Waals surface area contributed by atoms with Crippen molar-refractivity contribution in [3.8, 4) is 0 Å². The Balaban J connectivity index is 2.17. The minimum atomic E-state index is -3.78. The van der Waals surface area contributed by atoms with Gasteiger partial charge >= 0.3 is 0 Å². The molecule has 0 aromatic heterocycles. The average Bonchev–Trinajstić information content (AvgIpc) is 2.77. The van der Waals surface area contributed by atoms with Gasteiger partial charge in [0, 0.05) is 11.0 Å². The molecule has 25 heavy (non-hydrogen) atoms. The molecule has 130 valence electrons. The van der Waals surface area contributed by atoms with E-state index in [4.69, 9.17) is 5.14 Å².